The van der Waals surface area contributed by atoms with Gasteiger partial charge in [-0.2, -0.15) is 10.2 Å². The molecule has 0 aliphatic rings. The van der Waals surface area contributed by atoms with Crippen LogP contribution in [0.4, 0.5) is 0 Å². The lowest BCUT2D eigenvalue weighted by Crippen LogP contribution is -2.27. The van der Waals surface area contributed by atoms with Crippen LogP contribution in [0, 0.1) is 6.92 Å². The third-order valence-electron chi connectivity index (χ3n) is 3.35. The Morgan fingerprint density at radius 3 is 2.45 bits per heavy atom. The van der Waals surface area contributed by atoms with E-state index in [4.69, 9.17) is 0 Å². The first-order valence-electron chi connectivity index (χ1n) is 6.73. The molecule has 2 rings (SSSR count). The Balaban J connectivity index is 2.12. The highest BCUT2D eigenvalue weighted by Gasteiger charge is 2.18. The maximum absolute atomic E-state index is 12.3. The van der Waals surface area contributed by atoms with Crippen molar-refractivity contribution in [3.63, 3.8) is 0 Å². The van der Waals surface area contributed by atoms with E-state index in [0.29, 0.717) is 5.56 Å². The zero-order chi connectivity index (χ0) is 14.9. The first-order valence-corrected chi connectivity index (χ1v) is 6.73. The number of hydrogen-bond acceptors (Lipinski definition) is 3. The van der Waals surface area contributed by atoms with Crippen LogP contribution in [-0.4, -0.2) is 25.5 Å². The molecule has 0 bridgehead atoms. The summed E-state index contributed by atoms with van der Waals surface area (Å²) in [6.07, 6.45) is 5.28. The molecule has 0 aromatic carbocycles. The van der Waals surface area contributed by atoms with Crippen LogP contribution >= 0.6 is 0 Å². The Morgan fingerprint density at radius 2 is 1.95 bits per heavy atom. The van der Waals surface area contributed by atoms with E-state index >= 15 is 0 Å². The van der Waals surface area contributed by atoms with Gasteiger partial charge in [0, 0.05) is 30.5 Å². The third kappa shape index (κ3) is 2.74. The second kappa shape index (κ2) is 5.48. The Labute approximate surface area is 118 Å². The lowest BCUT2D eigenvalue weighted by atomic mass is 10.1. The second-order valence-corrected chi connectivity index (χ2v) is 5.32. The zero-order valence-electron chi connectivity index (χ0n) is 12.6. The summed E-state index contributed by atoms with van der Waals surface area (Å²) in [5, 5.41) is 11.3. The smallest absolute Gasteiger partial charge is 0.255 e. The van der Waals surface area contributed by atoms with Gasteiger partial charge in [-0.1, -0.05) is 0 Å². The van der Waals surface area contributed by atoms with E-state index in [2.05, 4.69) is 15.5 Å². The quantitative estimate of drug-likeness (QED) is 0.928. The van der Waals surface area contributed by atoms with Gasteiger partial charge in [0.2, 0.25) is 0 Å². The zero-order valence-corrected chi connectivity index (χ0v) is 12.6. The number of hydrogen-bond donors (Lipinski definition) is 1. The van der Waals surface area contributed by atoms with Gasteiger partial charge in [-0.05, 0) is 27.7 Å². The SMILES string of the molecule is Cc1c(C(=O)NC(C)c2cnn(C)c2)cnn1C(C)C. The van der Waals surface area contributed by atoms with Gasteiger partial charge in [0.15, 0.2) is 0 Å². The molecule has 0 spiro atoms. The fourth-order valence-corrected chi connectivity index (χ4v) is 2.19. The van der Waals surface area contributed by atoms with Crippen LogP contribution in [0.25, 0.3) is 0 Å². The molecular formula is C14H21N5O. The van der Waals surface area contributed by atoms with Crippen molar-refractivity contribution in [2.24, 2.45) is 7.05 Å². The standard InChI is InChI=1S/C14H21N5O/c1-9(2)19-11(4)13(7-16-19)14(20)17-10(3)12-6-15-18(5)8-12/h6-10H,1-5H3,(H,17,20). The molecule has 0 radical (unpaired) electrons. The minimum Gasteiger partial charge on any atom is -0.345 e. The molecular weight excluding hydrogens is 254 g/mol. The topological polar surface area (TPSA) is 64.7 Å². The summed E-state index contributed by atoms with van der Waals surface area (Å²) < 4.78 is 3.57. The molecule has 1 unspecified atom stereocenters. The van der Waals surface area contributed by atoms with Gasteiger partial charge in [-0.15, -0.1) is 0 Å². The van der Waals surface area contributed by atoms with Gasteiger partial charge >= 0.3 is 0 Å². The molecule has 0 saturated heterocycles. The van der Waals surface area contributed by atoms with E-state index in [0.717, 1.165) is 11.3 Å². The first kappa shape index (κ1) is 14.3. The number of carbonyl (C=O) groups excluding carboxylic acids is 1. The van der Waals surface area contributed by atoms with Crippen molar-refractivity contribution >= 4 is 5.91 Å². The van der Waals surface area contributed by atoms with Gasteiger partial charge in [0.05, 0.1) is 24.0 Å². The summed E-state index contributed by atoms with van der Waals surface area (Å²) in [5.74, 6) is -0.106. The Hall–Kier alpha value is -2.11. The summed E-state index contributed by atoms with van der Waals surface area (Å²) >= 11 is 0. The van der Waals surface area contributed by atoms with Crippen LogP contribution in [0.15, 0.2) is 18.6 Å². The molecule has 1 atom stereocenters. The number of rotatable bonds is 4. The Morgan fingerprint density at radius 1 is 1.25 bits per heavy atom. The van der Waals surface area contributed by atoms with Crippen LogP contribution in [0.1, 0.15) is 54.5 Å². The number of aromatic nitrogens is 4. The molecule has 20 heavy (non-hydrogen) atoms. The molecule has 0 aliphatic heterocycles. The normalized spacial score (nSPS) is 12.7. The minimum absolute atomic E-state index is 0.0852. The van der Waals surface area contributed by atoms with E-state index in [1.807, 2.05) is 45.6 Å². The molecule has 6 nitrogen and oxygen atoms in total. The van der Waals surface area contributed by atoms with Gasteiger partial charge in [0.1, 0.15) is 0 Å². The first-order chi connectivity index (χ1) is 9.40. The van der Waals surface area contributed by atoms with Gasteiger partial charge in [0.25, 0.3) is 5.91 Å². The second-order valence-electron chi connectivity index (χ2n) is 5.32. The molecule has 0 aliphatic carbocycles. The highest BCUT2D eigenvalue weighted by Crippen LogP contribution is 2.15. The van der Waals surface area contributed by atoms with Crippen LogP contribution in [0.2, 0.25) is 0 Å². The van der Waals surface area contributed by atoms with Crippen molar-refractivity contribution in [2.45, 2.75) is 39.8 Å². The summed E-state index contributed by atoms with van der Waals surface area (Å²) in [6, 6.07) is 0.158. The fourth-order valence-electron chi connectivity index (χ4n) is 2.19. The number of nitrogens with one attached hydrogen (secondary N) is 1. The fraction of sp³-hybridized carbons (Fsp3) is 0.500. The molecule has 2 aromatic rings. The van der Waals surface area contributed by atoms with Crippen molar-refractivity contribution in [3.05, 3.63) is 35.4 Å². The molecule has 2 aromatic heterocycles. The number of amides is 1. The summed E-state index contributed by atoms with van der Waals surface area (Å²) in [6.45, 7) is 7.94. The van der Waals surface area contributed by atoms with Crippen molar-refractivity contribution in [2.75, 3.05) is 0 Å². The maximum atomic E-state index is 12.3. The number of carbonyl (C=O) groups is 1. The molecule has 1 N–H and O–H groups in total. The maximum Gasteiger partial charge on any atom is 0.255 e. The van der Waals surface area contributed by atoms with E-state index in [1.54, 1.807) is 17.1 Å². The highest BCUT2D eigenvalue weighted by molar-refractivity contribution is 5.95. The minimum atomic E-state index is -0.106. The summed E-state index contributed by atoms with van der Waals surface area (Å²) in [7, 11) is 1.86. The molecule has 108 valence electrons. The third-order valence-corrected chi connectivity index (χ3v) is 3.35. The van der Waals surface area contributed by atoms with Gasteiger partial charge in [-0.25, -0.2) is 0 Å². The highest BCUT2D eigenvalue weighted by atomic mass is 16.1. The van der Waals surface area contributed by atoms with Gasteiger partial charge < -0.3 is 5.32 Å². The van der Waals surface area contributed by atoms with Crippen LogP contribution in [0.3, 0.4) is 0 Å². The molecule has 0 saturated carbocycles. The van der Waals surface area contributed by atoms with Crippen LogP contribution < -0.4 is 5.32 Å². The lowest BCUT2D eigenvalue weighted by molar-refractivity contribution is 0.0939. The summed E-state index contributed by atoms with van der Waals surface area (Å²) in [4.78, 5) is 12.3. The van der Waals surface area contributed by atoms with Crippen molar-refractivity contribution in [1.82, 2.24) is 24.9 Å². The average molecular weight is 275 g/mol. The molecule has 0 fully saturated rings. The van der Waals surface area contributed by atoms with E-state index in [9.17, 15) is 4.79 Å². The lowest BCUT2D eigenvalue weighted by Gasteiger charge is -2.12. The largest absolute Gasteiger partial charge is 0.345 e. The monoisotopic (exact) mass is 275 g/mol. The van der Waals surface area contributed by atoms with E-state index in [1.165, 1.54) is 0 Å². The van der Waals surface area contributed by atoms with E-state index < -0.39 is 0 Å². The van der Waals surface area contributed by atoms with Crippen molar-refractivity contribution in [1.29, 1.82) is 0 Å². The molecule has 6 heteroatoms. The number of nitrogens with zero attached hydrogens (tertiary/aromatic N) is 4. The molecule has 2 heterocycles. The van der Waals surface area contributed by atoms with Crippen molar-refractivity contribution < 1.29 is 4.79 Å². The summed E-state index contributed by atoms with van der Waals surface area (Å²) in [5.41, 5.74) is 2.49. The average Bonchev–Trinajstić information content (AvgIpc) is 2.95. The van der Waals surface area contributed by atoms with E-state index in [-0.39, 0.29) is 18.0 Å². The number of aryl methyl sites for hydroxylation is 1. The predicted octanol–water partition coefficient (Wildman–Crippen LogP) is 2.00. The van der Waals surface area contributed by atoms with Crippen molar-refractivity contribution in [3.8, 4) is 0 Å². The Bertz CT molecular complexity index is 611. The van der Waals surface area contributed by atoms with Crippen LogP contribution in [0.5, 0.6) is 0 Å². The predicted molar refractivity (Wildman–Crippen MR) is 76.4 cm³/mol. The molecule has 1 amide bonds. The van der Waals surface area contributed by atoms with Crippen LogP contribution in [-0.2, 0) is 7.05 Å². The Kier molecular flexibility index (Phi) is 3.92. The van der Waals surface area contributed by atoms with Gasteiger partial charge in [-0.3, -0.25) is 14.2 Å².